The lowest BCUT2D eigenvalue weighted by Crippen LogP contribution is -2.41. The maximum atomic E-state index is 13.4. The number of halogens is 3. The number of amides is 1. The van der Waals surface area contributed by atoms with Gasteiger partial charge in [-0.05, 0) is 63.6 Å². The number of anilines is 3. The number of nitrogens with one attached hydrogen (secondary N) is 2. The molecule has 4 N–H and O–H groups in total. The maximum Gasteiger partial charge on any atom is 0.416 e. The van der Waals surface area contributed by atoms with Crippen LogP contribution in [0.1, 0.15) is 54.1 Å². The molecule has 2 heterocycles. The Morgan fingerprint density at radius 3 is 2.41 bits per heavy atom. The maximum absolute atomic E-state index is 13.4. The van der Waals surface area contributed by atoms with Crippen molar-refractivity contribution in [2.75, 3.05) is 42.7 Å². The molecule has 0 spiro atoms. The molecule has 1 unspecified atom stereocenters. The van der Waals surface area contributed by atoms with Crippen LogP contribution >= 0.6 is 0 Å². The van der Waals surface area contributed by atoms with Gasteiger partial charge in [-0.15, -0.1) is 0 Å². The second kappa shape index (κ2) is 10.4. The zero-order valence-corrected chi connectivity index (χ0v) is 21.2. The van der Waals surface area contributed by atoms with E-state index in [1.54, 1.807) is 24.8 Å². The fourth-order valence-corrected chi connectivity index (χ4v) is 4.32. The number of morpholine rings is 1. The van der Waals surface area contributed by atoms with E-state index >= 15 is 0 Å². The van der Waals surface area contributed by atoms with Gasteiger partial charge < -0.3 is 26.0 Å². The highest BCUT2D eigenvalue weighted by atomic mass is 19.4. The van der Waals surface area contributed by atoms with Gasteiger partial charge in [0, 0.05) is 35.9 Å². The van der Waals surface area contributed by atoms with Crippen LogP contribution in [0, 0.1) is 6.92 Å². The number of carbonyl (C=O) groups is 1. The second-order valence-electron chi connectivity index (χ2n) is 9.49. The summed E-state index contributed by atoms with van der Waals surface area (Å²) >= 11 is 0. The van der Waals surface area contributed by atoms with Crippen molar-refractivity contribution in [3.63, 3.8) is 0 Å². The largest absolute Gasteiger partial charge is 0.416 e. The summed E-state index contributed by atoms with van der Waals surface area (Å²) in [5.74, 6) is 0.787. The SMILES string of the molecule is Cc1nc(NC(C)c2cc(N)cc(C(F)(F)F)c2)c2cc(NC(C)C)c(C(=O)N3CCOCC3)cc2n1. The summed E-state index contributed by atoms with van der Waals surface area (Å²) in [5, 5.41) is 7.21. The molecule has 1 amide bonds. The molecule has 198 valence electrons. The van der Waals surface area contributed by atoms with Crippen molar-refractivity contribution in [2.45, 2.75) is 46.0 Å². The van der Waals surface area contributed by atoms with Gasteiger partial charge in [0.05, 0.1) is 35.9 Å². The van der Waals surface area contributed by atoms with Gasteiger partial charge in [0.15, 0.2) is 0 Å². The van der Waals surface area contributed by atoms with Crippen molar-refractivity contribution >= 4 is 34.0 Å². The summed E-state index contributed by atoms with van der Waals surface area (Å²) in [6.07, 6.45) is -4.51. The Hall–Kier alpha value is -3.60. The fraction of sp³-hybridized carbons (Fsp3) is 0.423. The van der Waals surface area contributed by atoms with Crippen LogP contribution in [0.25, 0.3) is 10.9 Å². The predicted molar refractivity (Wildman–Crippen MR) is 138 cm³/mol. The Morgan fingerprint density at radius 1 is 1.05 bits per heavy atom. The number of aryl methyl sites for hydroxylation is 1. The molecule has 8 nitrogen and oxygen atoms in total. The molecule has 3 aromatic rings. The molecule has 11 heteroatoms. The number of rotatable bonds is 6. The minimum atomic E-state index is -4.51. The third-order valence-corrected chi connectivity index (χ3v) is 6.08. The average Bonchev–Trinajstić information content (AvgIpc) is 2.82. The van der Waals surface area contributed by atoms with Crippen LogP contribution in [0.5, 0.6) is 0 Å². The zero-order chi connectivity index (χ0) is 26.9. The molecule has 37 heavy (non-hydrogen) atoms. The Morgan fingerprint density at radius 2 is 1.76 bits per heavy atom. The summed E-state index contributed by atoms with van der Waals surface area (Å²) in [6, 6.07) is 6.56. The summed E-state index contributed by atoms with van der Waals surface area (Å²) in [6.45, 7) is 9.38. The number of ether oxygens (including phenoxy) is 1. The number of hydrogen-bond acceptors (Lipinski definition) is 7. The van der Waals surface area contributed by atoms with Gasteiger partial charge in [0.1, 0.15) is 11.6 Å². The molecule has 1 aliphatic heterocycles. The highest BCUT2D eigenvalue weighted by Gasteiger charge is 2.31. The van der Waals surface area contributed by atoms with Crippen molar-refractivity contribution in [1.29, 1.82) is 0 Å². The highest BCUT2D eigenvalue weighted by molar-refractivity contribution is 6.05. The number of nitrogen functional groups attached to an aromatic ring is 1. The molecule has 2 aromatic carbocycles. The van der Waals surface area contributed by atoms with E-state index in [0.717, 1.165) is 12.1 Å². The van der Waals surface area contributed by atoms with Crippen LogP contribution < -0.4 is 16.4 Å². The Bertz CT molecular complexity index is 1310. The third kappa shape index (κ3) is 6.04. The third-order valence-electron chi connectivity index (χ3n) is 6.08. The van der Waals surface area contributed by atoms with Crippen LogP contribution in [-0.4, -0.2) is 53.1 Å². The first-order valence-electron chi connectivity index (χ1n) is 12.1. The lowest BCUT2D eigenvalue weighted by molar-refractivity contribution is -0.137. The number of nitrogens with two attached hydrogens (primary N) is 1. The predicted octanol–water partition coefficient (Wildman–Crippen LogP) is 5.01. The van der Waals surface area contributed by atoms with Crippen LogP contribution in [0.15, 0.2) is 30.3 Å². The van der Waals surface area contributed by atoms with Crippen molar-refractivity contribution < 1.29 is 22.7 Å². The summed E-state index contributed by atoms with van der Waals surface area (Å²) < 4.78 is 45.4. The first-order chi connectivity index (χ1) is 17.4. The van der Waals surface area contributed by atoms with Crippen molar-refractivity contribution in [3.8, 4) is 0 Å². The number of aromatic nitrogens is 2. The zero-order valence-electron chi connectivity index (χ0n) is 21.2. The van der Waals surface area contributed by atoms with Gasteiger partial charge in [-0.25, -0.2) is 9.97 Å². The topological polar surface area (TPSA) is 105 Å². The molecule has 1 saturated heterocycles. The Kier molecular flexibility index (Phi) is 7.44. The van der Waals surface area contributed by atoms with E-state index in [0.29, 0.717) is 65.7 Å². The first-order valence-corrected chi connectivity index (χ1v) is 12.1. The van der Waals surface area contributed by atoms with E-state index < -0.39 is 17.8 Å². The van der Waals surface area contributed by atoms with Gasteiger partial charge in [0.2, 0.25) is 0 Å². The smallest absolute Gasteiger partial charge is 0.399 e. The van der Waals surface area contributed by atoms with E-state index in [2.05, 4.69) is 20.6 Å². The van der Waals surface area contributed by atoms with Crippen LogP contribution in [0.2, 0.25) is 0 Å². The number of hydrogen-bond donors (Lipinski definition) is 3. The number of carbonyl (C=O) groups excluding carboxylic acids is 1. The number of benzene rings is 2. The van der Waals surface area contributed by atoms with Gasteiger partial charge in [-0.3, -0.25) is 4.79 Å². The molecule has 4 rings (SSSR count). The van der Waals surface area contributed by atoms with Gasteiger partial charge in [-0.1, -0.05) is 0 Å². The standard InChI is InChI=1S/C26H31F3N6O2/c1-14(2)31-23-12-20-22(13-21(23)25(36)35-5-7-37-8-6-35)33-16(4)34-24(20)32-15(3)17-9-18(26(27,28)29)11-19(30)10-17/h9-15,31H,5-8,30H2,1-4H3,(H,32,33,34). The summed E-state index contributed by atoms with van der Waals surface area (Å²) in [7, 11) is 0. The first kappa shape index (κ1) is 26.5. The van der Waals surface area contributed by atoms with E-state index in [9.17, 15) is 18.0 Å². The molecule has 1 fully saturated rings. The molecular formula is C26H31F3N6O2. The number of fused-ring (bicyclic) bond motifs is 1. The highest BCUT2D eigenvalue weighted by Crippen LogP contribution is 2.35. The van der Waals surface area contributed by atoms with E-state index in [4.69, 9.17) is 10.5 Å². The molecule has 0 radical (unpaired) electrons. The minimum absolute atomic E-state index is 0.0249. The van der Waals surface area contributed by atoms with Gasteiger partial charge >= 0.3 is 6.18 Å². The van der Waals surface area contributed by atoms with E-state index in [1.165, 1.54) is 6.07 Å². The van der Waals surface area contributed by atoms with Gasteiger partial charge in [0.25, 0.3) is 5.91 Å². The lowest BCUT2D eigenvalue weighted by atomic mass is 10.0. The Labute approximate surface area is 213 Å². The van der Waals surface area contributed by atoms with Crippen LogP contribution in [-0.2, 0) is 10.9 Å². The average molecular weight is 517 g/mol. The van der Waals surface area contributed by atoms with E-state index in [-0.39, 0.29) is 17.6 Å². The number of alkyl halides is 3. The second-order valence-corrected chi connectivity index (χ2v) is 9.49. The quantitative estimate of drug-likeness (QED) is 0.396. The molecular weight excluding hydrogens is 485 g/mol. The molecule has 1 aromatic heterocycles. The molecule has 0 bridgehead atoms. The monoisotopic (exact) mass is 516 g/mol. The van der Waals surface area contributed by atoms with Gasteiger partial charge in [-0.2, -0.15) is 13.2 Å². The molecule has 1 aliphatic rings. The van der Waals surface area contributed by atoms with Crippen LogP contribution in [0.4, 0.5) is 30.4 Å². The van der Waals surface area contributed by atoms with E-state index in [1.807, 2.05) is 19.9 Å². The summed E-state index contributed by atoms with van der Waals surface area (Å²) in [4.78, 5) is 24.2. The minimum Gasteiger partial charge on any atom is -0.399 e. The molecule has 0 saturated carbocycles. The number of nitrogens with zero attached hydrogens (tertiary/aromatic N) is 3. The lowest BCUT2D eigenvalue weighted by Gasteiger charge is -2.28. The van der Waals surface area contributed by atoms with Crippen molar-refractivity contribution in [1.82, 2.24) is 14.9 Å². The normalized spacial score (nSPS) is 15.2. The van der Waals surface area contributed by atoms with Crippen molar-refractivity contribution in [2.24, 2.45) is 0 Å². The Balaban J connectivity index is 1.76. The fourth-order valence-electron chi connectivity index (χ4n) is 4.32. The molecule has 0 aliphatic carbocycles. The summed E-state index contributed by atoms with van der Waals surface area (Å²) in [5.41, 5.74) is 7.03. The van der Waals surface area contributed by atoms with Crippen LogP contribution in [0.3, 0.4) is 0 Å². The molecule has 1 atom stereocenters. The van der Waals surface area contributed by atoms with Crippen molar-refractivity contribution in [3.05, 3.63) is 52.8 Å².